The highest BCUT2D eigenvalue weighted by molar-refractivity contribution is 5.21. The Morgan fingerprint density at radius 2 is 1.75 bits per heavy atom. The molecule has 2 aromatic heterocycles. The predicted octanol–water partition coefficient (Wildman–Crippen LogP) is 3.63. The summed E-state index contributed by atoms with van der Waals surface area (Å²) >= 11 is 0. The Kier molecular flexibility index (Phi) is 7.76. The van der Waals surface area contributed by atoms with Crippen molar-refractivity contribution in [3.8, 4) is 5.82 Å². The Hall–Kier alpha value is -1.64. The molecule has 3 nitrogen and oxygen atoms in total. The second-order valence-corrected chi connectivity index (χ2v) is 2.65. The summed E-state index contributed by atoms with van der Waals surface area (Å²) < 4.78 is 1.76. The highest BCUT2D eigenvalue weighted by Crippen LogP contribution is 2.02. The molecule has 0 aromatic carbocycles. The molecule has 0 saturated carbocycles. The molecule has 2 aromatic rings. The molecule has 16 heavy (non-hydrogen) atoms. The maximum Gasteiger partial charge on any atom is 0.153 e. The van der Waals surface area contributed by atoms with E-state index in [4.69, 9.17) is 0 Å². The van der Waals surface area contributed by atoms with E-state index in [-0.39, 0.29) is 0 Å². The second kappa shape index (κ2) is 8.65. The lowest BCUT2D eigenvalue weighted by Gasteiger charge is -1.96. The topological polar surface area (TPSA) is 30.7 Å². The van der Waals surface area contributed by atoms with Crippen molar-refractivity contribution in [2.24, 2.45) is 0 Å². The van der Waals surface area contributed by atoms with Crippen molar-refractivity contribution in [3.63, 3.8) is 0 Å². The fourth-order valence-electron chi connectivity index (χ4n) is 1.03. The molecule has 0 unspecified atom stereocenters. The molecule has 0 saturated heterocycles. The number of aryl methyl sites for hydroxylation is 1. The minimum atomic E-state index is 0.852. The van der Waals surface area contributed by atoms with Crippen molar-refractivity contribution in [2.45, 2.75) is 34.6 Å². The fraction of sp³-hybridized carbons (Fsp3) is 0.385. The summed E-state index contributed by atoms with van der Waals surface area (Å²) in [6.45, 7) is 10.0. The van der Waals surface area contributed by atoms with Crippen LogP contribution in [0.3, 0.4) is 0 Å². The summed E-state index contributed by atoms with van der Waals surface area (Å²) in [5, 5.41) is 4.14. The molecule has 0 aliphatic rings. The first kappa shape index (κ1) is 14.4. The molecule has 2 heterocycles. The third-order valence-corrected chi connectivity index (χ3v) is 1.60. The molecule has 0 aliphatic carbocycles. The smallest absolute Gasteiger partial charge is 0.153 e. The largest absolute Gasteiger partial charge is 0.237 e. The number of hydrogen-bond acceptors (Lipinski definition) is 2. The lowest BCUT2D eigenvalue weighted by atomic mass is 10.4. The van der Waals surface area contributed by atoms with Gasteiger partial charge in [0, 0.05) is 12.4 Å². The molecular formula is C13H21N3. The molecule has 0 bridgehead atoms. The van der Waals surface area contributed by atoms with Crippen LogP contribution in [0.5, 0.6) is 0 Å². The highest BCUT2D eigenvalue weighted by Gasteiger charge is 1.96. The van der Waals surface area contributed by atoms with Crippen LogP contribution in [0.4, 0.5) is 0 Å². The summed E-state index contributed by atoms with van der Waals surface area (Å²) in [5.41, 5.74) is 1.14. The van der Waals surface area contributed by atoms with Gasteiger partial charge in [-0.3, -0.25) is 0 Å². The Balaban J connectivity index is 0.000000509. The van der Waals surface area contributed by atoms with Crippen molar-refractivity contribution in [2.75, 3.05) is 0 Å². The van der Waals surface area contributed by atoms with Gasteiger partial charge >= 0.3 is 0 Å². The van der Waals surface area contributed by atoms with E-state index < -0.39 is 0 Å². The van der Waals surface area contributed by atoms with Gasteiger partial charge in [-0.1, -0.05) is 33.8 Å². The van der Waals surface area contributed by atoms with Gasteiger partial charge in [0.1, 0.15) is 0 Å². The number of nitrogens with zero attached hydrogens (tertiary/aromatic N) is 3. The molecule has 2 rings (SSSR count). The van der Waals surface area contributed by atoms with Crippen LogP contribution in [0, 0.1) is 6.92 Å². The van der Waals surface area contributed by atoms with Crippen molar-refractivity contribution in [3.05, 3.63) is 42.4 Å². The Morgan fingerprint density at radius 1 is 1.06 bits per heavy atom. The molecule has 0 spiro atoms. The molecule has 0 atom stereocenters. The third kappa shape index (κ3) is 4.26. The summed E-state index contributed by atoms with van der Waals surface area (Å²) in [5.74, 6) is 0.852. The van der Waals surface area contributed by atoms with Gasteiger partial charge < -0.3 is 0 Å². The Bertz CT molecular complexity index is 366. The molecule has 88 valence electrons. The van der Waals surface area contributed by atoms with Gasteiger partial charge in [-0.25, -0.2) is 9.67 Å². The minimum absolute atomic E-state index is 0.852. The predicted molar refractivity (Wildman–Crippen MR) is 68.8 cm³/mol. The minimum Gasteiger partial charge on any atom is -0.237 e. The zero-order valence-corrected chi connectivity index (χ0v) is 10.8. The summed E-state index contributed by atoms with van der Waals surface area (Å²) in [6, 6.07) is 5.76. The van der Waals surface area contributed by atoms with Crippen LogP contribution in [0.25, 0.3) is 5.82 Å². The van der Waals surface area contributed by atoms with Gasteiger partial charge in [-0.15, -0.1) is 0 Å². The normalized spacial score (nSPS) is 8.31. The van der Waals surface area contributed by atoms with Crippen molar-refractivity contribution in [1.82, 2.24) is 14.8 Å². The van der Waals surface area contributed by atoms with Gasteiger partial charge in [-0.05, 0) is 24.6 Å². The van der Waals surface area contributed by atoms with Crippen LogP contribution in [-0.4, -0.2) is 14.8 Å². The van der Waals surface area contributed by atoms with Gasteiger partial charge in [-0.2, -0.15) is 5.10 Å². The van der Waals surface area contributed by atoms with Gasteiger partial charge in [0.2, 0.25) is 0 Å². The van der Waals surface area contributed by atoms with Crippen LogP contribution in [0.15, 0.2) is 36.8 Å². The zero-order chi connectivity index (χ0) is 12.4. The van der Waals surface area contributed by atoms with Crippen LogP contribution in [-0.2, 0) is 0 Å². The van der Waals surface area contributed by atoms with Crippen LogP contribution in [0.1, 0.15) is 33.3 Å². The van der Waals surface area contributed by atoms with Crippen LogP contribution < -0.4 is 0 Å². The van der Waals surface area contributed by atoms with E-state index >= 15 is 0 Å². The molecule has 0 radical (unpaired) electrons. The van der Waals surface area contributed by atoms with E-state index in [1.807, 2.05) is 65.2 Å². The van der Waals surface area contributed by atoms with Crippen LogP contribution in [0.2, 0.25) is 0 Å². The van der Waals surface area contributed by atoms with E-state index in [9.17, 15) is 0 Å². The SMILES string of the molecule is CC.CC.Cc1cnn(-c2ccccn2)c1. The van der Waals surface area contributed by atoms with Crippen molar-refractivity contribution >= 4 is 0 Å². The highest BCUT2D eigenvalue weighted by atomic mass is 15.3. The summed E-state index contributed by atoms with van der Waals surface area (Å²) in [6.07, 6.45) is 5.52. The monoisotopic (exact) mass is 219 g/mol. The van der Waals surface area contributed by atoms with E-state index in [0.717, 1.165) is 11.4 Å². The van der Waals surface area contributed by atoms with Gasteiger partial charge in [0.25, 0.3) is 0 Å². The molecule has 0 fully saturated rings. The first-order valence-electron chi connectivity index (χ1n) is 5.79. The van der Waals surface area contributed by atoms with Gasteiger partial charge in [0.15, 0.2) is 5.82 Å². The first-order chi connectivity index (χ1) is 7.86. The molecular weight excluding hydrogens is 198 g/mol. The maximum absolute atomic E-state index is 4.16. The van der Waals surface area contributed by atoms with Crippen LogP contribution >= 0.6 is 0 Å². The summed E-state index contributed by atoms with van der Waals surface area (Å²) in [4.78, 5) is 4.16. The number of pyridine rings is 1. The third-order valence-electron chi connectivity index (χ3n) is 1.60. The average molecular weight is 219 g/mol. The maximum atomic E-state index is 4.16. The number of aromatic nitrogens is 3. The van der Waals surface area contributed by atoms with E-state index in [0.29, 0.717) is 0 Å². The Labute approximate surface area is 98.2 Å². The number of hydrogen-bond donors (Lipinski definition) is 0. The lowest BCUT2D eigenvalue weighted by molar-refractivity contribution is 0.846. The van der Waals surface area contributed by atoms with E-state index in [1.54, 1.807) is 10.9 Å². The average Bonchev–Trinajstić information content (AvgIpc) is 2.82. The summed E-state index contributed by atoms with van der Waals surface area (Å²) in [7, 11) is 0. The first-order valence-corrected chi connectivity index (χ1v) is 5.79. The second-order valence-electron chi connectivity index (χ2n) is 2.65. The quantitative estimate of drug-likeness (QED) is 0.733. The number of rotatable bonds is 1. The Morgan fingerprint density at radius 3 is 2.19 bits per heavy atom. The van der Waals surface area contributed by atoms with Crippen molar-refractivity contribution < 1.29 is 0 Å². The zero-order valence-electron chi connectivity index (χ0n) is 10.8. The fourth-order valence-corrected chi connectivity index (χ4v) is 1.03. The van der Waals surface area contributed by atoms with E-state index in [2.05, 4.69) is 10.1 Å². The molecule has 0 N–H and O–H groups in total. The molecule has 0 amide bonds. The molecule has 0 aliphatic heterocycles. The molecule has 3 heteroatoms. The standard InChI is InChI=1S/C9H9N3.2C2H6/c1-8-6-11-12(7-8)9-4-2-3-5-10-9;2*1-2/h2-7H,1H3;2*1-2H3. The van der Waals surface area contributed by atoms with Gasteiger partial charge in [0.05, 0.1) is 6.20 Å². The van der Waals surface area contributed by atoms with E-state index in [1.165, 1.54) is 0 Å². The van der Waals surface area contributed by atoms with Crippen molar-refractivity contribution in [1.29, 1.82) is 0 Å². The lowest BCUT2D eigenvalue weighted by Crippen LogP contribution is -1.95.